The van der Waals surface area contributed by atoms with E-state index in [1.54, 1.807) is 17.7 Å². The van der Waals surface area contributed by atoms with Crippen molar-refractivity contribution in [3.63, 3.8) is 0 Å². The highest BCUT2D eigenvalue weighted by Crippen LogP contribution is 2.32. The van der Waals surface area contributed by atoms with E-state index in [4.69, 9.17) is 4.74 Å². The van der Waals surface area contributed by atoms with E-state index in [0.29, 0.717) is 12.5 Å². The zero-order chi connectivity index (χ0) is 14.5. The van der Waals surface area contributed by atoms with Gasteiger partial charge < -0.3 is 10.1 Å². The normalized spacial score (nSPS) is 11.4. The summed E-state index contributed by atoms with van der Waals surface area (Å²) in [4.78, 5) is 11.0. The molecule has 0 aliphatic heterocycles. The van der Waals surface area contributed by atoms with Crippen LogP contribution in [-0.2, 0) is 4.74 Å². The highest BCUT2D eigenvalue weighted by Gasteiger charge is 2.11. The second kappa shape index (κ2) is 6.99. The Morgan fingerprint density at radius 2 is 2.05 bits per heavy atom. The predicted molar refractivity (Wildman–Crippen MR) is 85.7 cm³/mol. The lowest BCUT2D eigenvalue weighted by Gasteiger charge is -2.09. The van der Waals surface area contributed by atoms with Crippen LogP contribution in [0, 0.1) is 19.8 Å². The molecule has 0 unspecified atom stereocenters. The first-order valence-electron chi connectivity index (χ1n) is 7.12. The van der Waals surface area contributed by atoms with Crippen LogP contribution in [0.25, 0.3) is 10.2 Å². The van der Waals surface area contributed by atoms with Gasteiger partial charge in [0.25, 0.3) is 0 Å². The van der Waals surface area contributed by atoms with E-state index in [-0.39, 0.29) is 0 Å². The Kier molecular flexibility index (Phi) is 5.31. The Labute approximate surface area is 124 Å². The molecule has 0 fully saturated rings. The zero-order valence-electron chi connectivity index (χ0n) is 12.7. The third kappa shape index (κ3) is 3.67. The maximum atomic E-state index is 5.61. The van der Waals surface area contributed by atoms with Crippen molar-refractivity contribution in [2.75, 3.05) is 25.1 Å². The van der Waals surface area contributed by atoms with E-state index in [0.717, 1.165) is 35.6 Å². The summed E-state index contributed by atoms with van der Waals surface area (Å²) in [5.41, 5.74) is 1.27. The second-order valence-electron chi connectivity index (χ2n) is 5.41. The summed E-state index contributed by atoms with van der Waals surface area (Å²) in [6.45, 7) is 11.0. The van der Waals surface area contributed by atoms with Crippen LogP contribution in [-0.4, -0.2) is 29.7 Å². The van der Waals surface area contributed by atoms with Gasteiger partial charge in [-0.05, 0) is 31.7 Å². The van der Waals surface area contributed by atoms with Gasteiger partial charge in [-0.25, -0.2) is 9.97 Å². The first-order valence-corrected chi connectivity index (χ1v) is 7.93. The van der Waals surface area contributed by atoms with Crippen LogP contribution in [0.15, 0.2) is 6.33 Å². The number of aromatic nitrogens is 2. The van der Waals surface area contributed by atoms with Gasteiger partial charge in [0.15, 0.2) is 0 Å². The smallest absolute Gasteiger partial charge is 0.138 e. The van der Waals surface area contributed by atoms with Crippen LogP contribution in [0.2, 0.25) is 0 Å². The van der Waals surface area contributed by atoms with E-state index in [1.807, 2.05) is 0 Å². The van der Waals surface area contributed by atoms with Crippen LogP contribution in [0.1, 0.15) is 30.7 Å². The molecule has 0 saturated carbocycles. The zero-order valence-corrected chi connectivity index (χ0v) is 13.5. The minimum atomic E-state index is 0.695. The number of nitrogens with one attached hydrogen (secondary N) is 1. The third-order valence-corrected chi connectivity index (χ3v) is 4.46. The summed E-state index contributed by atoms with van der Waals surface area (Å²) < 4.78 is 5.61. The van der Waals surface area contributed by atoms with Crippen LogP contribution in [0.3, 0.4) is 0 Å². The molecule has 110 valence electrons. The van der Waals surface area contributed by atoms with Crippen molar-refractivity contribution in [2.24, 2.45) is 5.92 Å². The fraction of sp³-hybridized carbons (Fsp3) is 0.600. The number of nitrogens with zero attached hydrogens (tertiary/aromatic N) is 2. The summed E-state index contributed by atoms with van der Waals surface area (Å²) in [6, 6.07) is 0. The molecule has 2 rings (SSSR count). The van der Waals surface area contributed by atoms with E-state index in [1.165, 1.54) is 10.4 Å². The molecular weight excluding hydrogens is 270 g/mol. The van der Waals surface area contributed by atoms with E-state index in [9.17, 15) is 0 Å². The molecule has 2 heterocycles. The summed E-state index contributed by atoms with van der Waals surface area (Å²) in [7, 11) is 0. The maximum absolute atomic E-state index is 5.61. The van der Waals surface area contributed by atoms with Gasteiger partial charge in [-0.3, -0.25) is 0 Å². The Hall–Kier alpha value is -1.20. The molecule has 1 N–H and O–H groups in total. The molecule has 0 amide bonds. The number of aryl methyl sites for hydroxylation is 2. The molecule has 20 heavy (non-hydrogen) atoms. The van der Waals surface area contributed by atoms with Gasteiger partial charge in [-0.15, -0.1) is 11.3 Å². The highest BCUT2D eigenvalue weighted by atomic mass is 32.1. The van der Waals surface area contributed by atoms with Gasteiger partial charge in [0.05, 0.1) is 12.0 Å². The van der Waals surface area contributed by atoms with Crippen LogP contribution in [0.4, 0.5) is 5.82 Å². The minimum absolute atomic E-state index is 0.695. The molecule has 0 saturated heterocycles. The van der Waals surface area contributed by atoms with Crippen molar-refractivity contribution in [3.8, 4) is 0 Å². The summed E-state index contributed by atoms with van der Waals surface area (Å²) in [5, 5.41) is 4.51. The number of thiophene rings is 1. The molecule has 0 aliphatic carbocycles. The monoisotopic (exact) mass is 293 g/mol. The number of hydrogen-bond acceptors (Lipinski definition) is 5. The standard InChI is InChI=1S/C15H23N3OS/c1-10(2)5-7-19-8-6-16-14-13-11(3)12(4)20-15(13)18-9-17-14/h9-10H,5-8H2,1-4H3,(H,16,17,18). The van der Waals surface area contributed by atoms with Gasteiger partial charge >= 0.3 is 0 Å². The average molecular weight is 293 g/mol. The summed E-state index contributed by atoms with van der Waals surface area (Å²) in [5.74, 6) is 1.62. The van der Waals surface area contributed by atoms with Crippen molar-refractivity contribution in [3.05, 3.63) is 16.8 Å². The van der Waals surface area contributed by atoms with E-state index >= 15 is 0 Å². The molecule has 0 radical (unpaired) electrons. The molecule has 0 bridgehead atoms. The van der Waals surface area contributed by atoms with Gasteiger partial charge in [0, 0.05) is 18.0 Å². The van der Waals surface area contributed by atoms with Gasteiger partial charge in [-0.2, -0.15) is 0 Å². The van der Waals surface area contributed by atoms with E-state index < -0.39 is 0 Å². The van der Waals surface area contributed by atoms with Gasteiger partial charge in [-0.1, -0.05) is 13.8 Å². The molecule has 0 aliphatic rings. The molecular formula is C15H23N3OS. The SMILES string of the molecule is Cc1sc2ncnc(NCCOCCC(C)C)c2c1C. The lowest BCUT2D eigenvalue weighted by atomic mass is 10.1. The largest absolute Gasteiger partial charge is 0.380 e. The van der Waals surface area contributed by atoms with Crippen molar-refractivity contribution in [2.45, 2.75) is 34.1 Å². The van der Waals surface area contributed by atoms with Gasteiger partial charge in [0.2, 0.25) is 0 Å². The molecule has 0 atom stereocenters. The average Bonchev–Trinajstić information content (AvgIpc) is 2.70. The van der Waals surface area contributed by atoms with Crippen molar-refractivity contribution >= 4 is 27.4 Å². The Morgan fingerprint density at radius 1 is 1.25 bits per heavy atom. The molecule has 4 nitrogen and oxygen atoms in total. The number of anilines is 1. The molecule has 5 heteroatoms. The van der Waals surface area contributed by atoms with Gasteiger partial charge in [0.1, 0.15) is 17.0 Å². The van der Waals surface area contributed by atoms with Crippen molar-refractivity contribution < 1.29 is 4.74 Å². The van der Waals surface area contributed by atoms with Crippen LogP contribution in [0.5, 0.6) is 0 Å². The molecule has 0 spiro atoms. The lowest BCUT2D eigenvalue weighted by molar-refractivity contribution is 0.132. The maximum Gasteiger partial charge on any atom is 0.138 e. The summed E-state index contributed by atoms with van der Waals surface area (Å²) in [6.07, 6.45) is 2.74. The van der Waals surface area contributed by atoms with E-state index in [2.05, 4.69) is 43.0 Å². The minimum Gasteiger partial charge on any atom is -0.380 e. The summed E-state index contributed by atoms with van der Waals surface area (Å²) >= 11 is 1.72. The number of hydrogen-bond donors (Lipinski definition) is 1. The number of ether oxygens (including phenoxy) is 1. The topological polar surface area (TPSA) is 47.0 Å². The van der Waals surface area contributed by atoms with Crippen LogP contribution >= 0.6 is 11.3 Å². The predicted octanol–water partition coefficient (Wildman–Crippen LogP) is 3.78. The fourth-order valence-electron chi connectivity index (χ4n) is 1.98. The first-order chi connectivity index (χ1) is 9.59. The van der Waals surface area contributed by atoms with Crippen LogP contribution < -0.4 is 5.32 Å². The Morgan fingerprint density at radius 3 is 2.80 bits per heavy atom. The molecule has 0 aromatic carbocycles. The highest BCUT2D eigenvalue weighted by molar-refractivity contribution is 7.18. The van der Waals surface area contributed by atoms with Crippen molar-refractivity contribution in [1.82, 2.24) is 9.97 Å². The Bertz CT molecular complexity index is 565. The number of rotatable bonds is 7. The van der Waals surface area contributed by atoms with Crippen molar-refractivity contribution in [1.29, 1.82) is 0 Å². The quantitative estimate of drug-likeness (QED) is 0.789. The molecule has 2 aromatic rings. The fourth-order valence-corrected chi connectivity index (χ4v) is 2.98. The third-order valence-electron chi connectivity index (χ3n) is 3.34. The first kappa shape index (κ1) is 15.2. The second-order valence-corrected chi connectivity index (χ2v) is 6.61. The molecule has 2 aromatic heterocycles. The Balaban J connectivity index is 1.90. The lowest BCUT2D eigenvalue weighted by Crippen LogP contribution is -2.12. The number of fused-ring (bicyclic) bond motifs is 1.